The Bertz CT molecular complexity index is 496. The summed E-state index contributed by atoms with van der Waals surface area (Å²) in [5.41, 5.74) is 3.65. The van der Waals surface area contributed by atoms with E-state index in [4.69, 9.17) is 10.6 Å². The van der Waals surface area contributed by atoms with E-state index in [9.17, 15) is 0 Å². The Hall–Kier alpha value is -1.92. The van der Waals surface area contributed by atoms with Crippen molar-refractivity contribution in [2.24, 2.45) is 12.9 Å². The predicted molar refractivity (Wildman–Crippen MR) is 63.2 cm³/mol. The molecule has 6 heteroatoms. The zero-order chi connectivity index (χ0) is 12.3. The van der Waals surface area contributed by atoms with Crippen molar-refractivity contribution >= 4 is 0 Å². The first kappa shape index (κ1) is 11.6. The van der Waals surface area contributed by atoms with Crippen LogP contribution in [0.3, 0.4) is 0 Å². The van der Waals surface area contributed by atoms with Crippen LogP contribution < -0.4 is 16.0 Å². The number of ether oxygens (including phenoxy) is 1. The van der Waals surface area contributed by atoms with Crippen molar-refractivity contribution in [2.45, 2.75) is 6.04 Å². The molecule has 0 amide bonds. The highest BCUT2D eigenvalue weighted by molar-refractivity contribution is 5.36. The van der Waals surface area contributed by atoms with Crippen molar-refractivity contribution in [2.75, 3.05) is 7.11 Å². The minimum absolute atomic E-state index is 0.229. The lowest BCUT2D eigenvalue weighted by atomic mass is 10.1. The van der Waals surface area contributed by atoms with Crippen molar-refractivity contribution < 1.29 is 4.74 Å². The fraction of sp³-hybridized carbons (Fsp3) is 0.273. The first-order valence-electron chi connectivity index (χ1n) is 5.19. The molecule has 2 rings (SSSR count). The average Bonchev–Trinajstić information content (AvgIpc) is 2.78. The summed E-state index contributed by atoms with van der Waals surface area (Å²) in [4.78, 5) is 8.30. The molecule has 0 bridgehead atoms. The summed E-state index contributed by atoms with van der Waals surface area (Å²) in [6.45, 7) is 0. The zero-order valence-electron chi connectivity index (χ0n) is 9.79. The van der Waals surface area contributed by atoms with Gasteiger partial charge in [0, 0.05) is 31.2 Å². The molecule has 0 spiro atoms. The van der Waals surface area contributed by atoms with Gasteiger partial charge < -0.3 is 9.30 Å². The van der Waals surface area contributed by atoms with Gasteiger partial charge >= 0.3 is 0 Å². The number of hydrogen-bond acceptors (Lipinski definition) is 5. The second kappa shape index (κ2) is 4.94. The third-order valence-electron chi connectivity index (χ3n) is 2.63. The molecule has 17 heavy (non-hydrogen) atoms. The third-order valence-corrected chi connectivity index (χ3v) is 2.63. The first-order chi connectivity index (χ1) is 8.27. The predicted octanol–water partition coefficient (Wildman–Crippen LogP) is 0.376. The number of nitrogens with zero attached hydrogens (tertiary/aromatic N) is 3. The number of hydrazine groups is 1. The Morgan fingerprint density at radius 3 is 2.88 bits per heavy atom. The van der Waals surface area contributed by atoms with Gasteiger partial charge in [-0.25, -0.2) is 10.4 Å². The summed E-state index contributed by atoms with van der Waals surface area (Å²) in [7, 11) is 3.52. The van der Waals surface area contributed by atoms with Gasteiger partial charge in [-0.05, 0) is 6.07 Å². The van der Waals surface area contributed by atoms with Crippen molar-refractivity contribution in [3.63, 3.8) is 0 Å². The number of methoxy groups -OCH3 is 1. The molecule has 0 radical (unpaired) electrons. The van der Waals surface area contributed by atoms with Crippen LogP contribution in [-0.2, 0) is 7.05 Å². The molecule has 0 aliphatic rings. The maximum atomic E-state index is 5.61. The lowest BCUT2D eigenvalue weighted by molar-refractivity contribution is 0.400. The number of hydrogen-bond donors (Lipinski definition) is 2. The maximum Gasteiger partial charge on any atom is 0.142 e. The molecular weight excluding hydrogens is 218 g/mol. The second-order valence-electron chi connectivity index (χ2n) is 3.61. The highest BCUT2D eigenvalue weighted by atomic mass is 16.5. The van der Waals surface area contributed by atoms with Gasteiger partial charge in [-0.2, -0.15) is 0 Å². The summed E-state index contributed by atoms with van der Waals surface area (Å²) in [6, 6.07) is 1.63. The molecule has 0 aliphatic heterocycles. The van der Waals surface area contributed by atoms with Crippen molar-refractivity contribution in [3.8, 4) is 5.75 Å². The molecule has 0 saturated heterocycles. The van der Waals surface area contributed by atoms with Crippen LogP contribution in [0.1, 0.15) is 17.4 Å². The van der Waals surface area contributed by atoms with Crippen LogP contribution in [0, 0.1) is 0 Å². The maximum absolute atomic E-state index is 5.61. The van der Waals surface area contributed by atoms with E-state index in [1.165, 1.54) is 0 Å². The summed E-state index contributed by atoms with van der Waals surface area (Å²) < 4.78 is 7.18. The van der Waals surface area contributed by atoms with E-state index in [0.29, 0.717) is 5.75 Å². The monoisotopic (exact) mass is 233 g/mol. The van der Waals surface area contributed by atoms with Gasteiger partial charge in [-0.1, -0.05) is 0 Å². The van der Waals surface area contributed by atoms with Crippen LogP contribution in [0.15, 0.2) is 30.9 Å². The van der Waals surface area contributed by atoms with Gasteiger partial charge in [-0.3, -0.25) is 10.8 Å². The third kappa shape index (κ3) is 2.13. The van der Waals surface area contributed by atoms with Crippen LogP contribution in [-0.4, -0.2) is 21.6 Å². The number of aryl methyl sites for hydroxylation is 1. The Morgan fingerprint density at radius 2 is 2.29 bits per heavy atom. The summed E-state index contributed by atoms with van der Waals surface area (Å²) in [5, 5.41) is 0. The number of pyridine rings is 1. The number of imidazole rings is 1. The molecule has 0 aliphatic carbocycles. The number of aromatic nitrogens is 3. The molecule has 0 fully saturated rings. The smallest absolute Gasteiger partial charge is 0.142 e. The lowest BCUT2D eigenvalue weighted by Crippen LogP contribution is -2.31. The standard InChI is InChI=1S/C11H15N5O/c1-16-6-5-14-11(16)10(15-12)8-3-4-13-7-9(8)17-2/h3-7,10,15H,12H2,1-2H3. The van der Waals surface area contributed by atoms with Gasteiger partial charge in [0.05, 0.1) is 13.3 Å². The summed E-state index contributed by atoms with van der Waals surface area (Å²) in [6.07, 6.45) is 6.95. The Kier molecular flexibility index (Phi) is 3.36. The van der Waals surface area contributed by atoms with Crippen molar-refractivity contribution in [1.82, 2.24) is 20.0 Å². The van der Waals surface area contributed by atoms with Crippen LogP contribution in [0.25, 0.3) is 0 Å². The summed E-state index contributed by atoms with van der Waals surface area (Å²) in [5.74, 6) is 7.10. The molecule has 2 heterocycles. The number of rotatable bonds is 4. The minimum Gasteiger partial charge on any atom is -0.495 e. The van der Waals surface area contributed by atoms with Crippen LogP contribution >= 0.6 is 0 Å². The average molecular weight is 233 g/mol. The van der Waals surface area contributed by atoms with Gasteiger partial charge in [0.15, 0.2) is 0 Å². The molecule has 6 nitrogen and oxygen atoms in total. The highest BCUT2D eigenvalue weighted by Crippen LogP contribution is 2.27. The summed E-state index contributed by atoms with van der Waals surface area (Å²) >= 11 is 0. The lowest BCUT2D eigenvalue weighted by Gasteiger charge is -2.18. The van der Waals surface area contributed by atoms with Crippen LogP contribution in [0.5, 0.6) is 5.75 Å². The first-order valence-corrected chi connectivity index (χ1v) is 5.19. The number of nitrogens with one attached hydrogen (secondary N) is 1. The van der Waals surface area contributed by atoms with Gasteiger partial charge in [0.25, 0.3) is 0 Å². The quantitative estimate of drug-likeness (QED) is 0.589. The Balaban J connectivity index is 2.46. The molecule has 0 aromatic carbocycles. The SMILES string of the molecule is COc1cnccc1C(NN)c1nccn1C. The van der Waals surface area contributed by atoms with E-state index in [0.717, 1.165) is 11.4 Å². The topological polar surface area (TPSA) is 78.0 Å². The molecule has 0 saturated carbocycles. The van der Waals surface area contributed by atoms with E-state index >= 15 is 0 Å². The molecule has 90 valence electrons. The second-order valence-corrected chi connectivity index (χ2v) is 3.61. The van der Waals surface area contributed by atoms with Crippen LogP contribution in [0.4, 0.5) is 0 Å². The van der Waals surface area contributed by atoms with E-state index in [2.05, 4.69) is 15.4 Å². The van der Waals surface area contributed by atoms with Gasteiger partial charge in [0.2, 0.25) is 0 Å². The molecule has 3 N–H and O–H groups in total. The largest absolute Gasteiger partial charge is 0.495 e. The minimum atomic E-state index is -0.229. The number of nitrogens with two attached hydrogens (primary N) is 1. The highest BCUT2D eigenvalue weighted by Gasteiger charge is 2.20. The fourth-order valence-electron chi connectivity index (χ4n) is 1.76. The van der Waals surface area contributed by atoms with E-state index in [1.54, 1.807) is 25.7 Å². The van der Waals surface area contributed by atoms with Crippen molar-refractivity contribution in [1.29, 1.82) is 0 Å². The van der Waals surface area contributed by atoms with Crippen molar-refractivity contribution in [3.05, 3.63) is 42.2 Å². The van der Waals surface area contributed by atoms with E-state index < -0.39 is 0 Å². The zero-order valence-corrected chi connectivity index (χ0v) is 9.79. The fourth-order valence-corrected chi connectivity index (χ4v) is 1.76. The molecule has 1 unspecified atom stereocenters. The molecular formula is C11H15N5O. The van der Waals surface area contributed by atoms with Gasteiger partial charge in [-0.15, -0.1) is 0 Å². The normalized spacial score (nSPS) is 12.4. The molecule has 1 atom stereocenters. The Labute approximate surface area is 99.4 Å². The van der Waals surface area contributed by atoms with E-state index in [1.807, 2.05) is 23.9 Å². The Morgan fingerprint density at radius 1 is 1.47 bits per heavy atom. The molecule has 2 aromatic rings. The van der Waals surface area contributed by atoms with E-state index in [-0.39, 0.29) is 6.04 Å². The van der Waals surface area contributed by atoms with Gasteiger partial charge in [0.1, 0.15) is 17.6 Å². The molecule has 2 aromatic heterocycles. The van der Waals surface area contributed by atoms with Crippen LogP contribution in [0.2, 0.25) is 0 Å².